The second kappa shape index (κ2) is 4.53. The van der Waals surface area contributed by atoms with E-state index in [0.29, 0.717) is 0 Å². The number of aromatic nitrogens is 1. The summed E-state index contributed by atoms with van der Waals surface area (Å²) in [5.41, 5.74) is 2.56. The fourth-order valence-corrected chi connectivity index (χ4v) is 2.65. The highest BCUT2D eigenvalue weighted by molar-refractivity contribution is 5.80. The number of aliphatic hydroxyl groups excluding tert-OH is 1. The van der Waals surface area contributed by atoms with Crippen molar-refractivity contribution in [1.82, 2.24) is 4.57 Å². The molecule has 90 valence electrons. The van der Waals surface area contributed by atoms with Crippen LogP contribution < -0.4 is 0 Å². The van der Waals surface area contributed by atoms with Crippen LogP contribution in [0.5, 0.6) is 0 Å². The lowest BCUT2D eigenvalue weighted by Gasteiger charge is -2.26. The molecule has 0 aliphatic heterocycles. The molecule has 1 fully saturated rings. The number of nitrogens with zero attached hydrogens (tertiary/aromatic N) is 1. The summed E-state index contributed by atoms with van der Waals surface area (Å²) in [4.78, 5) is 0. The molecule has 0 saturated heterocycles. The molecule has 0 amide bonds. The van der Waals surface area contributed by atoms with Crippen molar-refractivity contribution in [3.05, 3.63) is 36.0 Å². The van der Waals surface area contributed by atoms with Crippen molar-refractivity contribution in [3.63, 3.8) is 0 Å². The van der Waals surface area contributed by atoms with Crippen LogP contribution in [0, 0.1) is 5.92 Å². The molecule has 0 atom stereocenters. The van der Waals surface area contributed by atoms with E-state index in [0.717, 1.165) is 12.3 Å². The van der Waals surface area contributed by atoms with Crippen molar-refractivity contribution >= 4 is 10.9 Å². The van der Waals surface area contributed by atoms with E-state index in [1.165, 1.54) is 42.3 Å². The minimum Gasteiger partial charge on any atom is -0.396 e. The van der Waals surface area contributed by atoms with Crippen molar-refractivity contribution < 1.29 is 5.11 Å². The molecule has 3 rings (SSSR count). The highest BCUT2D eigenvalue weighted by Gasteiger charge is 2.18. The van der Waals surface area contributed by atoms with Crippen molar-refractivity contribution in [2.75, 3.05) is 6.61 Å². The van der Waals surface area contributed by atoms with Crippen LogP contribution in [0.25, 0.3) is 10.9 Å². The Labute approximate surface area is 102 Å². The van der Waals surface area contributed by atoms with Gasteiger partial charge in [-0.2, -0.15) is 0 Å². The Morgan fingerprint density at radius 1 is 1.24 bits per heavy atom. The first-order valence-electron chi connectivity index (χ1n) is 6.55. The lowest BCUT2D eigenvalue weighted by molar-refractivity contribution is 0.280. The smallest absolute Gasteiger partial charge is 0.0480 e. The lowest BCUT2D eigenvalue weighted by Crippen LogP contribution is -2.17. The van der Waals surface area contributed by atoms with Crippen LogP contribution in [-0.4, -0.2) is 16.3 Å². The fraction of sp³-hybridized carbons (Fsp3) is 0.467. The first kappa shape index (κ1) is 10.8. The van der Waals surface area contributed by atoms with Gasteiger partial charge in [-0.05, 0) is 54.3 Å². The number of hydrogen-bond donors (Lipinski definition) is 1. The standard InChI is InChI=1S/C15H19NO/c17-9-7-12-4-5-15-14(10-12)6-8-16(15)11-13-2-1-3-13/h4-6,8,10,13,17H,1-3,7,9,11H2. The van der Waals surface area contributed by atoms with E-state index in [-0.39, 0.29) is 6.61 Å². The normalized spacial score (nSPS) is 16.3. The quantitative estimate of drug-likeness (QED) is 0.856. The molecule has 0 spiro atoms. The summed E-state index contributed by atoms with van der Waals surface area (Å²) in [6, 6.07) is 8.71. The molecule has 0 radical (unpaired) electrons. The second-order valence-corrected chi connectivity index (χ2v) is 5.13. The molecule has 1 aromatic heterocycles. The van der Waals surface area contributed by atoms with Gasteiger partial charge in [-0.1, -0.05) is 12.5 Å². The molecule has 0 unspecified atom stereocenters. The monoisotopic (exact) mass is 229 g/mol. The number of benzene rings is 1. The van der Waals surface area contributed by atoms with Crippen LogP contribution in [0.2, 0.25) is 0 Å². The van der Waals surface area contributed by atoms with Gasteiger partial charge in [0.1, 0.15) is 0 Å². The molecular formula is C15H19NO. The first-order chi connectivity index (χ1) is 8.36. The van der Waals surface area contributed by atoms with Crippen LogP contribution in [-0.2, 0) is 13.0 Å². The summed E-state index contributed by atoms with van der Waals surface area (Å²) in [6.07, 6.45) is 7.14. The number of hydrogen-bond acceptors (Lipinski definition) is 1. The summed E-state index contributed by atoms with van der Waals surface area (Å²) < 4.78 is 2.38. The first-order valence-corrected chi connectivity index (χ1v) is 6.55. The lowest BCUT2D eigenvalue weighted by atomic mass is 9.85. The van der Waals surface area contributed by atoms with Crippen molar-refractivity contribution in [1.29, 1.82) is 0 Å². The van der Waals surface area contributed by atoms with Gasteiger partial charge in [0.15, 0.2) is 0 Å². The minimum absolute atomic E-state index is 0.230. The van der Waals surface area contributed by atoms with Crippen LogP contribution in [0.4, 0.5) is 0 Å². The Morgan fingerprint density at radius 3 is 2.82 bits per heavy atom. The van der Waals surface area contributed by atoms with Gasteiger partial charge in [0, 0.05) is 24.9 Å². The van der Waals surface area contributed by atoms with Gasteiger partial charge in [0.25, 0.3) is 0 Å². The average molecular weight is 229 g/mol. The highest BCUT2D eigenvalue weighted by atomic mass is 16.2. The SMILES string of the molecule is OCCc1ccc2c(ccn2CC2CCC2)c1. The Hall–Kier alpha value is -1.28. The third kappa shape index (κ3) is 2.09. The van der Waals surface area contributed by atoms with Gasteiger partial charge in [-0.3, -0.25) is 0 Å². The Kier molecular flexibility index (Phi) is 2.89. The molecule has 17 heavy (non-hydrogen) atoms. The number of rotatable bonds is 4. The topological polar surface area (TPSA) is 25.2 Å². The van der Waals surface area contributed by atoms with Crippen LogP contribution >= 0.6 is 0 Å². The second-order valence-electron chi connectivity index (χ2n) is 5.13. The van der Waals surface area contributed by atoms with Crippen LogP contribution in [0.1, 0.15) is 24.8 Å². The molecule has 1 N–H and O–H groups in total. The maximum absolute atomic E-state index is 8.95. The maximum Gasteiger partial charge on any atom is 0.0480 e. The van der Waals surface area contributed by atoms with Crippen LogP contribution in [0.3, 0.4) is 0 Å². The predicted molar refractivity (Wildman–Crippen MR) is 70.1 cm³/mol. The number of fused-ring (bicyclic) bond motifs is 1. The maximum atomic E-state index is 8.95. The third-order valence-corrected chi connectivity index (χ3v) is 3.92. The summed E-state index contributed by atoms with van der Waals surface area (Å²) in [6.45, 7) is 1.40. The molecule has 2 nitrogen and oxygen atoms in total. The van der Waals surface area contributed by atoms with Gasteiger partial charge in [-0.25, -0.2) is 0 Å². The molecule has 2 aromatic rings. The molecule has 1 heterocycles. The molecular weight excluding hydrogens is 210 g/mol. The zero-order chi connectivity index (χ0) is 11.7. The zero-order valence-corrected chi connectivity index (χ0v) is 10.1. The van der Waals surface area contributed by atoms with Crippen molar-refractivity contribution in [3.8, 4) is 0 Å². The zero-order valence-electron chi connectivity index (χ0n) is 10.1. The minimum atomic E-state index is 0.230. The van der Waals surface area contributed by atoms with Gasteiger partial charge in [0.2, 0.25) is 0 Å². The fourth-order valence-electron chi connectivity index (χ4n) is 2.65. The molecule has 1 aromatic carbocycles. The largest absolute Gasteiger partial charge is 0.396 e. The van der Waals surface area contributed by atoms with E-state index in [2.05, 4.69) is 35.0 Å². The van der Waals surface area contributed by atoms with E-state index in [4.69, 9.17) is 5.11 Å². The summed E-state index contributed by atoms with van der Waals surface area (Å²) in [5, 5.41) is 10.3. The molecule has 0 bridgehead atoms. The Morgan fingerprint density at radius 2 is 2.12 bits per heavy atom. The van der Waals surface area contributed by atoms with E-state index < -0.39 is 0 Å². The molecule has 1 aliphatic rings. The number of aliphatic hydroxyl groups is 1. The van der Waals surface area contributed by atoms with Gasteiger partial charge in [-0.15, -0.1) is 0 Å². The average Bonchev–Trinajstić information content (AvgIpc) is 2.66. The van der Waals surface area contributed by atoms with Crippen LogP contribution in [0.15, 0.2) is 30.5 Å². The van der Waals surface area contributed by atoms with E-state index in [1.54, 1.807) is 0 Å². The molecule has 1 aliphatic carbocycles. The van der Waals surface area contributed by atoms with Crippen molar-refractivity contribution in [2.24, 2.45) is 5.92 Å². The Bertz CT molecular complexity index is 511. The van der Waals surface area contributed by atoms with Crippen molar-refractivity contribution in [2.45, 2.75) is 32.2 Å². The van der Waals surface area contributed by atoms with E-state index in [9.17, 15) is 0 Å². The summed E-state index contributed by atoms with van der Waals surface area (Å²) in [7, 11) is 0. The third-order valence-electron chi connectivity index (χ3n) is 3.92. The summed E-state index contributed by atoms with van der Waals surface area (Å²) >= 11 is 0. The Balaban J connectivity index is 1.87. The van der Waals surface area contributed by atoms with Gasteiger partial charge >= 0.3 is 0 Å². The molecule has 1 saturated carbocycles. The predicted octanol–water partition coefficient (Wildman–Crippen LogP) is 2.98. The highest BCUT2D eigenvalue weighted by Crippen LogP contribution is 2.29. The molecule has 2 heteroatoms. The summed E-state index contributed by atoms with van der Waals surface area (Å²) in [5.74, 6) is 0.891. The van der Waals surface area contributed by atoms with Gasteiger partial charge in [0.05, 0.1) is 0 Å². The van der Waals surface area contributed by atoms with Gasteiger partial charge < -0.3 is 9.67 Å². The van der Waals surface area contributed by atoms with E-state index >= 15 is 0 Å². The van der Waals surface area contributed by atoms with E-state index in [1.807, 2.05) is 0 Å².